The molecule has 0 aliphatic heterocycles. The van der Waals surface area contributed by atoms with Gasteiger partial charge in [-0.25, -0.2) is 8.42 Å². The summed E-state index contributed by atoms with van der Waals surface area (Å²) in [5.74, 6) is -0.647. The second-order valence-corrected chi connectivity index (χ2v) is 10.6. The minimum Gasteiger partial charge on any atom is -0.361 e. The van der Waals surface area contributed by atoms with Crippen LogP contribution in [0.4, 0.5) is 5.69 Å². The molecule has 0 radical (unpaired) electrons. The quantitative estimate of drug-likeness (QED) is 0.284. The Morgan fingerprint density at radius 2 is 1.88 bits per heavy atom. The molecule has 4 aromatic rings. The van der Waals surface area contributed by atoms with E-state index in [-0.39, 0.29) is 18.4 Å². The number of thiophene rings is 1. The molecule has 0 bridgehead atoms. The largest absolute Gasteiger partial charge is 0.361 e. The van der Waals surface area contributed by atoms with Crippen LogP contribution in [0.5, 0.6) is 0 Å². The lowest BCUT2D eigenvalue weighted by atomic mass is 10.0. The summed E-state index contributed by atoms with van der Waals surface area (Å²) in [6, 6.07) is 17.2. The number of aromatic nitrogens is 1. The van der Waals surface area contributed by atoms with Crippen LogP contribution in [0.25, 0.3) is 10.9 Å². The number of fused-ring (bicyclic) bond motifs is 1. The van der Waals surface area contributed by atoms with E-state index in [1.807, 2.05) is 30.5 Å². The molecule has 0 spiro atoms. The maximum atomic E-state index is 13.2. The maximum absolute atomic E-state index is 13.2. The Kier molecular flexibility index (Phi) is 6.99. The predicted molar refractivity (Wildman–Crippen MR) is 134 cm³/mol. The third kappa shape index (κ3) is 6.03. The second kappa shape index (κ2) is 10.1. The van der Waals surface area contributed by atoms with E-state index in [9.17, 15) is 18.0 Å². The van der Waals surface area contributed by atoms with Crippen LogP contribution in [0.1, 0.15) is 20.8 Å². The number of hydrogen-bond acceptors (Lipinski definition) is 5. The van der Waals surface area contributed by atoms with Gasteiger partial charge in [-0.1, -0.05) is 36.4 Å². The van der Waals surface area contributed by atoms with Gasteiger partial charge < -0.3 is 15.6 Å². The monoisotopic (exact) mass is 496 g/mol. The van der Waals surface area contributed by atoms with Crippen LogP contribution in [-0.2, 0) is 27.8 Å². The van der Waals surface area contributed by atoms with Crippen molar-refractivity contribution in [2.75, 3.05) is 11.0 Å². The Morgan fingerprint density at radius 3 is 2.65 bits per heavy atom. The summed E-state index contributed by atoms with van der Waals surface area (Å²) >= 11 is 1.31. The molecular weight excluding hydrogens is 472 g/mol. The Bertz CT molecular complexity index is 1410. The molecule has 4 N–H and O–H groups in total. The number of amides is 2. The molecule has 1 unspecified atom stereocenters. The minimum absolute atomic E-state index is 0.178. The van der Waals surface area contributed by atoms with Crippen molar-refractivity contribution in [1.82, 2.24) is 15.6 Å². The fraction of sp³-hybridized carbons (Fsp3) is 0.167. The van der Waals surface area contributed by atoms with Crippen LogP contribution in [-0.4, -0.2) is 37.5 Å². The van der Waals surface area contributed by atoms with Gasteiger partial charge in [-0.2, -0.15) is 0 Å². The zero-order chi connectivity index (χ0) is 24.1. The van der Waals surface area contributed by atoms with Crippen molar-refractivity contribution in [3.63, 3.8) is 0 Å². The average molecular weight is 497 g/mol. The Morgan fingerprint density at radius 1 is 1.06 bits per heavy atom. The second-order valence-electron chi connectivity index (χ2n) is 7.86. The number of carbonyl (C=O) groups is 2. The van der Waals surface area contributed by atoms with E-state index in [1.165, 1.54) is 11.3 Å². The molecule has 0 aliphatic carbocycles. The standard InChI is InChI=1S/C24H24N4O4S2/c1-34(31,32)28-18-7-4-6-16(12-18)14-26-23(29)21(27-24(30)22-10-5-11-33-22)13-17-15-25-20-9-3-2-8-19(17)20/h2-12,15,21,25,28H,13-14H2,1H3,(H,26,29)(H,27,30). The SMILES string of the molecule is CS(=O)(=O)Nc1cccc(CNC(=O)C(Cc2c[nH]c3ccccc23)NC(=O)c2cccs2)c1. The molecule has 0 fully saturated rings. The summed E-state index contributed by atoms with van der Waals surface area (Å²) in [4.78, 5) is 29.6. The number of anilines is 1. The van der Waals surface area contributed by atoms with Gasteiger partial charge in [0.05, 0.1) is 11.1 Å². The fourth-order valence-corrected chi connectivity index (χ4v) is 4.82. The van der Waals surface area contributed by atoms with Gasteiger partial charge in [0, 0.05) is 35.8 Å². The van der Waals surface area contributed by atoms with E-state index in [0.29, 0.717) is 17.0 Å². The fourth-order valence-electron chi connectivity index (χ4n) is 3.64. The molecule has 176 valence electrons. The van der Waals surface area contributed by atoms with E-state index in [2.05, 4.69) is 20.3 Å². The van der Waals surface area contributed by atoms with Gasteiger partial charge in [-0.15, -0.1) is 11.3 Å². The van der Waals surface area contributed by atoms with Crippen molar-refractivity contribution < 1.29 is 18.0 Å². The molecule has 2 amide bonds. The summed E-state index contributed by atoms with van der Waals surface area (Å²) in [6.07, 6.45) is 3.23. The highest BCUT2D eigenvalue weighted by molar-refractivity contribution is 7.92. The molecule has 1 atom stereocenters. The highest BCUT2D eigenvalue weighted by Gasteiger charge is 2.23. The highest BCUT2D eigenvalue weighted by Crippen LogP contribution is 2.20. The molecule has 0 aliphatic rings. The number of para-hydroxylation sites is 1. The van der Waals surface area contributed by atoms with E-state index in [0.717, 1.165) is 28.3 Å². The van der Waals surface area contributed by atoms with Crippen molar-refractivity contribution in [2.24, 2.45) is 0 Å². The number of rotatable bonds is 9. The topological polar surface area (TPSA) is 120 Å². The van der Waals surface area contributed by atoms with E-state index in [1.54, 1.807) is 41.8 Å². The van der Waals surface area contributed by atoms with Gasteiger partial charge >= 0.3 is 0 Å². The Labute approximate surface area is 201 Å². The summed E-state index contributed by atoms with van der Waals surface area (Å²) < 4.78 is 25.4. The first kappa shape index (κ1) is 23.5. The Balaban J connectivity index is 1.50. The summed E-state index contributed by atoms with van der Waals surface area (Å²) in [7, 11) is -3.41. The molecular formula is C24H24N4O4S2. The average Bonchev–Trinajstić information content (AvgIpc) is 3.47. The molecule has 4 rings (SSSR count). The number of aromatic amines is 1. The predicted octanol–water partition coefficient (Wildman–Crippen LogP) is 3.26. The number of carbonyl (C=O) groups excluding carboxylic acids is 2. The lowest BCUT2D eigenvalue weighted by Gasteiger charge is -2.18. The number of H-pyrrole nitrogens is 1. The van der Waals surface area contributed by atoms with Crippen LogP contribution < -0.4 is 15.4 Å². The molecule has 2 aromatic carbocycles. The lowest BCUT2D eigenvalue weighted by Crippen LogP contribution is -2.47. The van der Waals surface area contributed by atoms with Crippen molar-refractivity contribution in [1.29, 1.82) is 0 Å². The molecule has 2 aromatic heterocycles. The van der Waals surface area contributed by atoms with Gasteiger partial charge in [0.1, 0.15) is 6.04 Å². The van der Waals surface area contributed by atoms with Crippen LogP contribution >= 0.6 is 11.3 Å². The van der Waals surface area contributed by atoms with Crippen molar-refractivity contribution in [2.45, 2.75) is 19.0 Å². The number of benzene rings is 2. The van der Waals surface area contributed by atoms with Gasteiger partial charge in [-0.3, -0.25) is 14.3 Å². The van der Waals surface area contributed by atoms with Crippen molar-refractivity contribution in [3.05, 3.63) is 88.2 Å². The first-order valence-electron chi connectivity index (χ1n) is 10.5. The molecule has 0 saturated carbocycles. The van der Waals surface area contributed by atoms with Gasteiger partial charge in [-0.05, 0) is 40.8 Å². The Hall–Kier alpha value is -3.63. The highest BCUT2D eigenvalue weighted by atomic mass is 32.2. The van der Waals surface area contributed by atoms with Crippen LogP contribution in [0.2, 0.25) is 0 Å². The molecule has 8 nitrogen and oxygen atoms in total. The number of nitrogens with one attached hydrogen (secondary N) is 4. The number of sulfonamides is 1. The van der Waals surface area contributed by atoms with Crippen molar-refractivity contribution in [3.8, 4) is 0 Å². The van der Waals surface area contributed by atoms with Crippen molar-refractivity contribution >= 4 is 49.8 Å². The van der Waals surface area contributed by atoms with E-state index >= 15 is 0 Å². The number of hydrogen-bond donors (Lipinski definition) is 4. The summed E-state index contributed by atoms with van der Waals surface area (Å²) in [6.45, 7) is 0.178. The zero-order valence-corrected chi connectivity index (χ0v) is 20.0. The smallest absolute Gasteiger partial charge is 0.262 e. The molecule has 2 heterocycles. The normalized spacial score (nSPS) is 12.3. The van der Waals surface area contributed by atoms with Crippen LogP contribution in [0, 0.1) is 0 Å². The van der Waals surface area contributed by atoms with Gasteiger partial charge in [0.25, 0.3) is 5.91 Å². The third-order valence-corrected chi connectivity index (χ3v) is 6.64. The third-order valence-electron chi connectivity index (χ3n) is 5.16. The molecule has 34 heavy (non-hydrogen) atoms. The van der Waals surface area contributed by atoms with Crippen LogP contribution in [0.3, 0.4) is 0 Å². The zero-order valence-electron chi connectivity index (χ0n) is 18.4. The first-order chi connectivity index (χ1) is 16.3. The molecule has 10 heteroatoms. The first-order valence-corrected chi connectivity index (χ1v) is 13.3. The maximum Gasteiger partial charge on any atom is 0.262 e. The summed E-state index contributed by atoms with van der Waals surface area (Å²) in [5.41, 5.74) is 3.01. The lowest BCUT2D eigenvalue weighted by molar-refractivity contribution is -0.123. The van der Waals surface area contributed by atoms with Gasteiger partial charge in [0.2, 0.25) is 15.9 Å². The van der Waals surface area contributed by atoms with Gasteiger partial charge in [0.15, 0.2) is 0 Å². The molecule has 0 saturated heterocycles. The minimum atomic E-state index is -3.41. The van der Waals surface area contributed by atoms with E-state index in [4.69, 9.17) is 0 Å². The summed E-state index contributed by atoms with van der Waals surface area (Å²) in [5, 5.41) is 8.52. The van der Waals surface area contributed by atoms with E-state index < -0.39 is 16.1 Å². The van der Waals surface area contributed by atoms with Crippen LogP contribution in [0.15, 0.2) is 72.2 Å².